The van der Waals surface area contributed by atoms with Crippen LogP contribution in [0.25, 0.3) is 0 Å². The first-order valence-corrected chi connectivity index (χ1v) is 19.9. The Morgan fingerprint density at radius 1 is 0.833 bits per heavy atom. The highest BCUT2D eigenvalue weighted by Gasteiger charge is 2.42. The lowest BCUT2D eigenvalue weighted by atomic mass is 9.67. The van der Waals surface area contributed by atoms with Gasteiger partial charge >= 0.3 is 0 Å². The molecule has 180 valence electrons. The number of hydrogen-bond acceptors (Lipinski definition) is 7. The maximum atomic E-state index is 11.0. The minimum Gasteiger partial charge on any atom is -0.744 e. The number of rotatable bonds is 3. The molecule has 0 N–H and O–H groups in total. The van der Waals surface area contributed by atoms with Crippen LogP contribution in [0.2, 0.25) is 0 Å². The SMILES string of the molecule is CC1(C(=O)[O-])C=C(S(=O)(=O)[O-])CC(C)(C(=O)[O-])C1.C[PH+](C)C.C[PH+](C)C.C[PH+](C)C. The molecule has 1 aliphatic carbocycles. The Labute approximate surface area is 187 Å². The van der Waals surface area contributed by atoms with Crippen molar-refractivity contribution < 1.29 is 32.8 Å². The average molecular weight is 507 g/mol. The first kappa shape index (κ1) is 34.5. The molecule has 1 rings (SSSR count). The predicted molar refractivity (Wildman–Crippen MR) is 132 cm³/mol. The first-order chi connectivity index (χ1) is 13.1. The van der Waals surface area contributed by atoms with E-state index in [2.05, 4.69) is 60.0 Å². The fourth-order valence-electron chi connectivity index (χ4n) is 2.15. The molecule has 0 aromatic carbocycles. The van der Waals surface area contributed by atoms with Crippen molar-refractivity contribution in [2.24, 2.45) is 10.8 Å². The molecule has 0 saturated heterocycles. The lowest BCUT2D eigenvalue weighted by Gasteiger charge is -2.44. The van der Waals surface area contributed by atoms with Crippen molar-refractivity contribution in [3.8, 4) is 0 Å². The topological polar surface area (TPSA) is 137 Å². The Bertz CT molecular complexity index is 653. The zero-order valence-corrected chi connectivity index (χ0v) is 24.1. The fourth-order valence-corrected chi connectivity index (χ4v) is 3.05. The van der Waals surface area contributed by atoms with Gasteiger partial charge in [0.25, 0.3) is 0 Å². The highest BCUT2D eigenvalue weighted by Crippen LogP contribution is 2.45. The van der Waals surface area contributed by atoms with E-state index in [1.807, 2.05) is 0 Å². The van der Waals surface area contributed by atoms with Gasteiger partial charge in [0.2, 0.25) is 0 Å². The van der Waals surface area contributed by atoms with Crippen LogP contribution in [-0.2, 0) is 19.7 Å². The monoisotopic (exact) mass is 506 g/mol. The number of carboxylic acid groups (broad SMARTS) is 2. The van der Waals surface area contributed by atoms with Crippen LogP contribution >= 0.6 is 23.8 Å². The molecule has 2 atom stereocenters. The van der Waals surface area contributed by atoms with Crippen molar-refractivity contribution >= 4 is 45.8 Å². The molecular formula is C19H41O7P3S. The largest absolute Gasteiger partial charge is 0.744 e. The van der Waals surface area contributed by atoms with E-state index in [9.17, 15) is 32.8 Å². The number of hydrogen-bond donors (Lipinski definition) is 0. The predicted octanol–water partition coefficient (Wildman–Crippen LogP) is 0.992. The Morgan fingerprint density at radius 2 is 1.13 bits per heavy atom. The number of aliphatic carboxylic acids is 2. The standard InChI is InChI=1S/C10H14O7S.3C3H9P/c1-9(7(11)12)3-6(18(15,16)17)4-10(2,5-9)8(13)14;3*1-4(2)3/h3H,4-5H2,1-2H3,(H,11,12)(H,13,14)(H,15,16,17);3*1-3H3. The summed E-state index contributed by atoms with van der Waals surface area (Å²) in [5.74, 6) is -3.25. The summed E-state index contributed by atoms with van der Waals surface area (Å²) in [7, 11) is -4.54. The summed E-state index contributed by atoms with van der Waals surface area (Å²) in [6.45, 7) is 22.7. The molecule has 0 heterocycles. The molecule has 0 aromatic rings. The smallest absolute Gasteiger partial charge is 0.120 e. The third-order valence-corrected chi connectivity index (χ3v) is 3.99. The molecule has 0 radical (unpaired) electrons. The summed E-state index contributed by atoms with van der Waals surface area (Å²) in [6, 6.07) is 0. The summed E-state index contributed by atoms with van der Waals surface area (Å²) in [5.41, 5.74) is -3.57. The average Bonchev–Trinajstić information content (AvgIpc) is 2.43. The van der Waals surface area contributed by atoms with E-state index in [1.165, 1.54) is 0 Å². The Kier molecular flexibility index (Phi) is 17.1. The molecule has 11 heteroatoms. The van der Waals surface area contributed by atoms with Crippen LogP contribution in [0.3, 0.4) is 0 Å². The van der Waals surface area contributed by atoms with Gasteiger partial charge in [0, 0.05) is 81.7 Å². The lowest BCUT2D eigenvalue weighted by Crippen LogP contribution is -2.50. The summed E-state index contributed by atoms with van der Waals surface area (Å²) >= 11 is 0. The summed E-state index contributed by atoms with van der Waals surface area (Å²) in [4.78, 5) is 21.2. The highest BCUT2D eigenvalue weighted by molar-refractivity contribution is 7.89. The maximum Gasteiger partial charge on any atom is 0.120 e. The zero-order valence-electron chi connectivity index (χ0n) is 20.3. The quantitative estimate of drug-likeness (QED) is 0.411. The molecule has 0 bridgehead atoms. The molecule has 0 aromatic heterocycles. The number of carboxylic acids is 2. The van der Waals surface area contributed by atoms with Crippen LogP contribution in [0.5, 0.6) is 0 Å². The molecule has 0 spiro atoms. The molecular weight excluding hydrogens is 465 g/mol. The van der Waals surface area contributed by atoms with Crippen LogP contribution in [0.4, 0.5) is 0 Å². The molecule has 0 amide bonds. The van der Waals surface area contributed by atoms with Crippen molar-refractivity contribution in [3.05, 3.63) is 11.0 Å². The van der Waals surface area contributed by atoms with Crippen LogP contribution in [0, 0.1) is 10.8 Å². The molecule has 2 unspecified atom stereocenters. The molecule has 1 aliphatic rings. The van der Waals surface area contributed by atoms with E-state index in [1.54, 1.807) is 0 Å². The Hall–Kier alpha value is -0.120. The van der Waals surface area contributed by atoms with E-state index in [-0.39, 0.29) is 23.8 Å². The van der Waals surface area contributed by atoms with Gasteiger partial charge in [-0.3, -0.25) is 0 Å². The van der Waals surface area contributed by atoms with Gasteiger partial charge in [0.1, 0.15) is 10.1 Å². The van der Waals surface area contributed by atoms with Gasteiger partial charge in [-0.05, 0) is 36.6 Å². The van der Waals surface area contributed by atoms with Crippen molar-refractivity contribution in [2.75, 3.05) is 60.0 Å². The molecule has 30 heavy (non-hydrogen) atoms. The Morgan fingerprint density at radius 3 is 1.33 bits per heavy atom. The molecule has 0 saturated carbocycles. The van der Waals surface area contributed by atoms with Crippen molar-refractivity contribution in [1.82, 2.24) is 0 Å². The highest BCUT2D eigenvalue weighted by atomic mass is 32.2. The third kappa shape index (κ3) is 17.5. The van der Waals surface area contributed by atoms with E-state index < -0.39 is 50.6 Å². The van der Waals surface area contributed by atoms with E-state index >= 15 is 0 Å². The minimum absolute atomic E-state index is 0.120. The minimum atomic E-state index is -4.91. The number of carbonyl (C=O) groups is 2. The molecule has 0 aliphatic heterocycles. The number of carbonyl (C=O) groups excluding carboxylic acids is 2. The second-order valence-corrected chi connectivity index (χ2v) is 19.9. The van der Waals surface area contributed by atoms with Gasteiger partial charge < -0.3 is 24.4 Å². The first-order valence-electron chi connectivity index (χ1n) is 9.51. The fraction of sp³-hybridized carbons (Fsp3) is 0.789. The Balaban J connectivity index is -0.000000498. The van der Waals surface area contributed by atoms with Crippen LogP contribution in [0.15, 0.2) is 11.0 Å². The number of allylic oxidation sites excluding steroid dienone is 1. The van der Waals surface area contributed by atoms with Gasteiger partial charge in [-0.1, -0.05) is 19.9 Å². The van der Waals surface area contributed by atoms with Gasteiger partial charge in [0.15, 0.2) is 0 Å². The van der Waals surface area contributed by atoms with E-state index in [4.69, 9.17) is 0 Å². The van der Waals surface area contributed by atoms with E-state index in [0.29, 0.717) is 0 Å². The second-order valence-electron chi connectivity index (χ2n) is 9.47. The van der Waals surface area contributed by atoms with E-state index in [0.717, 1.165) is 19.9 Å². The van der Waals surface area contributed by atoms with Gasteiger partial charge in [0.05, 0.1) is 5.97 Å². The lowest BCUT2D eigenvalue weighted by molar-refractivity contribution is -0.325. The summed E-state index contributed by atoms with van der Waals surface area (Å²) in [5, 5.41) is 22.0. The van der Waals surface area contributed by atoms with Gasteiger partial charge in [-0.25, -0.2) is 8.42 Å². The van der Waals surface area contributed by atoms with Crippen LogP contribution < -0.4 is 10.2 Å². The van der Waals surface area contributed by atoms with Crippen molar-refractivity contribution in [3.63, 3.8) is 0 Å². The van der Waals surface area contributed by atoms with Gasteiger partial charge in [-0.15, -0.1) is 0 Å². The van der Waals surface area contributed by atoms with Crippen LogP contribution in [0.1, 0.15) is 26.7 Å². The second kappa shape index (κ2) is 14.9. The van der Waals surface area contributed by atoms with Crippen molar-refractivity contribution in [1.29, 1.82) is 0 Å². The van der Waals surface area contributed by atoms with Gasteiger partial charge in [-0.2, -0.15) is 0 Å². The third-order valence-electron chi connectivity index (χ3n) is 3.08. The maximum absolute atomic E-state index is 11.0. The summed E-state index contributed by atoms with van der Waals surface area (Å²) < 4.78 is 32.9. The zero-order chi connectivity index (χ0) is 25.1. The summed E-state index contributed by atoms with van der Waals surface area (Å²) in [6.07, 6.45) is -0.219. The normalized spacial score (nSPS) is 23.2. The van der Waals surface area contributed by atoms with Crippen LogP contribution in [-0.4, -0.2) is 84.9 Å². The van der Waals surface area contributed by atoms with Crippen molar-refractivity contribution in [2.45, 2.75) is 26.7 Å². The molecule has 7 nitrogen and oxygen atoms in total. The molecule has 0 fully saturated rings.